The monoisotopic (exact) mass is 256 g/mol. The molecule has 0 saturated heterocycles. The van der Waals surface area contributed by atoms with Crippen LogP contribution in [0.1, 0.15) is 19.8 Å². The molecule has 0 bridgehead atoms. The van der Waals surface area contributed by atoms with Crippen LogP contribution in [0.4, 0.5) is 5.69 Å². The van der Waals surface area contributed by atoms with Gasteiger partial charge in [0.2, 0.25) is 0 Å². The summed E-state index contributed by atoms with van der Waals surface area (Å²) in [7, 11) is 0. The van der Waals surface area contributed by atoms with Gasteiger partial charge < -0.3 is 5.73 Å². The molecule has 18 heavy (non-hydrogen) atoms. The van der Waals surface area contributed by atoms with Crippen molar-refractivity contribution in [2.24, 2.45) is 5.73 Å². The zero-order valence-electron chi connectivity index (χ0n) is 10.2. The zero-order valence-corrected chi connectivity index (χ0v) is 10.2. The highest BCUT2D eigenvalue weighted by molar-refractivity contribution is 5.21. The van der Waals surface area contributed by atoms with Gasteiger partial charge in [0.05, 0.1) is 11.1 Å². The first-order valence-electron chi connectivity index (χ1n) is 5.71. The molecule has 0 aliphatic heterocycles. The van der Waals surface area contributed by atoms with E-state index in [2.05, 4.69) is 0 Å². The molecule has 0 fully saturated rings. The molecule has 8 nitrogen and oxygen atoms in total. The molecule has 1 rings (SSSR count). The number of hydrogen-bond donors (Lipinski definition) is 1. The van der Waals surface area contributed by atoms with Crippen molar-refractivity contribution in [3.8, 4) is 0 Å². The van der Waals surface area contributed by atoms with Crippen LogP contribution in [0.5, 0.6) is 0 Å². The van der Waals surface area contributed by atoms with E-state index >= 15 is 0 Å². The first-order chi connectivity index (χ1) is 8.52. The fourth-order valence-electron chi connectivity index (χ4n) is 1.61. The summed E-state index contributed by atoms with van der Waals surface area (Å²) < 4.78 is 2.07. The fraction of sp³-hybridized carbons (Fsp3) is 0.600. The maximum Gasteiger partial charge on any atom is 0.350 e. The maximum absolute atomic E-state index is 11.9. The van der Waals surface area contributed by atoms with Gasteiger partial charge in [-0.15, -0.1) is 0 Å². The third-order valence-electron chi connectivity index (χ3n) is 2.47. The van der Waals surface area contributed by atoms with Crippen molar-refractivity contribution in [2.45, 2.75) is 32.9 Å². The van der Waals surface area contributed by atoms with Crippen LogP contribution in [-0.2, 0) is 13.1 Å². The molecular weight excluding hydrogens is 240 g/mol. The summed E-state index contributed by atoms with van der Waals surface area (Å²) in [6.45, 7) is 2.58. The van der Waals surface area contributed by atoms with E-state index in [0.29, 0.717) is 25.9 Å². The average molecular weight is 256 g/mol. The number of aryl methyl sites for hydroxylation is 1. The van der Waals surface area contributed by atoms with E-state index < -0.39 is 21.9 Å². The van der Waals surface area contributed by atoms with Crippen molar-refractivity contribution in [3.63, 3.8) is 0 Å². The van der Waals surface area contributed by atoms with E-state index in [9.17, 15) is 19.7 Å². The van der Waals surface area contributed by atoms with Crippen molar-refractivity contribution < 1.29 is 4.92 Å². The lowest BCUT2D eigenvalue weighted by atomic mass is 10.4. The van der Waals surface area contributed by atoms with Crippen LogP contribution in [0.3, 0.4) is 0 Å². The lowest BCUT2D eigenvalue weighted by Crippen LogP contribution is -2.40. The maximum atomic E-state index is 11.9. The molecule has 1 aromatic rings. The largest absolute Gasteiger partial charge is 0.350 e. The molecule has 0 radical (unpaired) electrons. The van der Waals surface area contributed by atoms with Crippen LogP contribution < -0.4 is 17.0 Å². The van der Waals surface area contributed by atoms with Gasteiger partial charge in [-0.3, -0.25) is 24.0 Å². The third kappa shape index (κ3) is 2.83. The summed E-state index contributed by atoms with van der Waals surface area (Å²) >= 11 is 0. The Morgan fingerprint density at radius 1 is 1.39 bits per heavy atom. The summed E-state index contributed by atoms with van der Waals surface area (Å²) in [5.41, 5.74) is 3.33. The van der Waals surface area contributed by atoms with Crippen LogP contribution in [-0.4, -0.2) is 20.6 Å². The van der Waals surface area contributed by atoms with E-state index in [-0.39, 0.29) is 6.54 Å². The second-order valence-electron chi connectivity index (χ2n) is 3.85. The molecule has 0 spiro atoms. The Kier molecular flexibility index (Phi) is 4.78. The highest BCUT2D eigenvalue weighted by Crippen LogP contribution is 2.01. The van der Waals surface area contributed by atoms with E-state index in [4.69, 9.17) is 5.73 Å². The van der Waals surface area contributed by atoms with Gasteiger partial charge in [-0.1, -0.05) is 6.92 Å². The summed E-state index contributed by atoms with van der Waals surface area (Å²) in [5, 5.41) is 10.8. The van der Waals surface area contributed by atoms with Gasteiger partial charge >= 0.3 is 16.9 Å². The fourth-order valence-corrected chi connectivity index (χ4v) is 1.61. The van der Waals surface area contributed by atoms with Crippen LogP contribution in [0, 0.1) is 10.1 Å². The van der Waals surface area contributed by atoms with Gasteiger partial charge in [-0.05, 0) is 19.4 Å². The lowest BCUT2D eigenvalue weighted by molar-refractivity contribution is -0.387. The van der Waals surface area contributed by atoms with Crippen molar-refractivity contribution in [1.82, 2.24) is 9.13 Å². The molecule has 0 unspecified atom stereocenters. The molecule has 1 heterocycles. The molecule has 0 aliphatic carbocycles. The average Bonchev–Trinajstić information content (AvgIpc) is 2.32. The van der Waals surface area contributed by atoms with Crippen LogP contribution in [0.25, 0.3) is 0 Å². The van der Waals surface area contributed by atoms with E-state index in [1.807, 2.05) is 6.92 Å². The van der Waals surface area contributed by atoms with E-state index in [1.165, 1.54) is 4.57 Å². The van der Waals surface area contributed by atoms with E-state index in [1.54, 1.807) is 0 Å². The summed E-state index contributed by atoms with van der Waals surface area (Å²) in [6, 6.07) is 0. The predicted molar refractivity (Wildman–Crippen MR) is 65.6 cm³/mol. The molecule has 1 aromatic heterocycles. The van der Waals surface area contributed by atoms with Crippen LogP contribution in [0.15, 0.2) is 15.8 Å². The number of hydrogen-bond acceptors (Lipinski definition) is 5. The third-order valence-corrected chi connectivity index (χ3v) is 2.47. The Balaban J connectivity index is 3.41. The first kappa shape index (κ1) is 14.1. The smallest absolute Gasteiger partial charge is 0.330 e. The van der Waals surface area contributed by atoms with Crippen molar-refractivity contribution >= 4 is 5.69 Å². The minimum atomic E-state index is -0.870. The first-order valence-corrected chi connectivity index (χ1v) is 5.71. The summed E-state index contributed by atoms with van der Waals surface area (Å²) in [4.78, 5) is 33.7. The van der Waals surface area contributed by atoms with E-state index in [0.717, 1.165) is 10.8 Å². The summed E-state index contributed by atoms with van der Waals surface area (Å²) in [5.74, 6) is 0. The second kappa shape index (κ2) is 6.10. The molecule has 8 heteroatoms. The van der Waals surface area contributed by atoms with Gasteiger partial charge in [-0.2, -0.15) is 0 Å². The Bertz CT molecular complexity index is 546. The number of rotatable bonds is 6. The van der Waals surface area contributed by atoms with Crippen LogP contribution >= 0.6 is 0 Å². The highest BCUT2D eigenvalue weighted by Gasteiger charge is 2.19. The highest BCUT2D eigenvalue weighted by atomic mass is 16.6. The lowest BCUT2D eigenvalue weighted by Gasteiger charge is -2.08. The van der Waals surface area contributed by atoms with Gasteiger partial charge in [0.15, 0.2) is 0 Å². The predicted octanol–water partition coefficient (Wildman–Crippen LogP) is -0.323. The number of nitro groups is 1. The molecule has 0 aliphatic rings. The second-order valence-corrected chi connectivity index (χ2v) is 3.85. The SMILES string of the molecule is CCCn1cc([N+](=O)[O-])c(=O)n(CCCN)c1=O. The molecule has 100 valence electrons. The molecule has 0 atom stereocenters. The Hall–Kier alpha value is -1.96. The Morgan fingerprint density at radius 2 is 2.06 bits per heavy atom. The number of nitrogens with zero attached hydrogens (tertiary/aromatic N) is 3. The van der Waals surface area contributed by atoms with Gasteiger partial charge in [0.25, 0.3) is 0 Å². The number of nitrogens with two attached hydrogens (primary N) is 1. The Morgan fingerprint density at radius 3 is 2.56 bits per heavy atom. The minimum absolute atomic E-state index is 0.0968. The minimum Gasteiger partial charge on any atom is -0.330 e. The molecule has 0 saturated carbocycles. The normalized spacial score (nSPS) is 10.6. The molecule has 2 N–H and O–H groups in total. The quantitative estimate of drug-likeness (QED) is 0.553. The van der Waals surface area contributed by atoms with Crippen molar-refractivity contribution in [2.75, 3.05) is 6.54 Å². The van der Waals surface area contributed by atoms with Crippen LogP contribution in [0.2, 0.25) is 0 Å². The van der Waals surface area contributed by atoms with Gasteiger partial charge in [0, 0.05) is 13.1 Å². The topological polar surface area (TPSA) is 113 Å². The van der Waals surface area contributed by atoms with Crippen molar-refractivity contribution in [3.05, 3.63) is 37.1 Å². The zero-order chi connectivity index (χ0) is 13.7. The van der Waals surface area contributed by atoms with Gasteiger partial charge in [0.1, 0.15) is 0 Å². The standard InChI is InChI=1S/C10H16N4O4/c1-2-5-12-7-8(14(17)18)9(15)13(10(12)16)6-3-4-11/h7H,2-6,11H2,1H3. The molecule has 0 amide bonds. The molecular formula is C10H16N4O4. The number of aromatic nitrogens is 2. The van der Waals surface area contributed by atoms with Crippen molar-refractivity contribution in [1.29, 1.82) is 0 Å². The summed E-state index contributed by atoms with van der Waals surface area (Å²) in [6.07, 6.45) is 2.07. The van der Waals surface area contributed by atoms with Gasteiger partial charge in [-0.25, -0.2) is 4.79 Å². The Labute approximate surface area is 103 Å². The molecule has 0 aromatic carbocycles.